The van der Waals surface area contributed by atoms with Crippen LogP contribution >= 0.6 is 12.2 Å². The summed E-state index contributed by atoms with van der Waals surface area (Å²) in [6.07, 6.45) is 7.93. The van der Waals surface area contributed by atoms with E-state index in [0.29, 0.717) is 77.3 Å². The van der Waals surface area contributed by atoms with Crippen LogP contribution in [0.3, 0.4) is 0 Å². The lowest BCUT2D eigenvalue weighted by atomic mass is 9.86. The third kappa shape index (κ3) is 13.5. The Labute approximate surface area is 435 Å². The number of aliphatic hydroxyl groups is 1. The highest BCUT2D eigenvalue weighted by Crippen LogP contribution is 2.41. The number of nitrogens with two attached hydrogens (primary N) is 1. The molecule has 23 nitrogen and oxygen atoms in total. The van der Waals surface area contributed by atoms with Crippen LogP contribution in [0.25, 0.3) is 28.0 Å². The van der Waals surface area contributed by atoms with Gasteiger partial charge in [0.05, 0.1) is 67.8 Å². The van der Waals surface area contributed by atoms with Gasteiger partial charge in [-0.2, -0.15) is 0 Å². The van der Waals surface area contributed by atoms with Crippen molar-refractivity contribution in [1.29, 1.82) is 0 Å². The zero-order chi connectivity index (χ0) is 53.8. The Kier molecular flexibility index (Phi) is 19.0. The number of benzene rings is 1. The Morgan fingerprint density at radius 1 is 1.00 bits per heavy atom. The number of pyridine rings is 2. The first kappa shape index (κ1) is 55.8. The summed E-state index contributed by atoms with van der Waals surface area (Å²) in [6.45, 7) is 6.87. The molecule has 8 N–H and O–H groups in total. The molecule has 0 fully saturated rings. The topological polar surface area (TPSA) is 311 Å². The van der Waals surface area contributed by atoms with Crippen molar-refractivity contribution in [2.45, 2.75) is 110 Å². The predicted molar refractivity (Wildman–Crippen MR) is 271 cm³/mol. The van der Waals surface area contributed by atoms with Gasteiger partial charge in [-0.15, -0.1) is 5.10 Å². The highest BCUT2D eigenvalue weighted by Gasteiger charge is 2.45. The highest BCUT2D eigenvalue weighted by atomic mass is 32.1. The molecule has 0 spiro atoms. The molecule has 0 bridgehead atoms. The number of aromatic amines is 1. The SMILES string of the molecule is CC[C@]1(O)C(=O)OCc2c1cc1n(c2=O)Cc2c-1nc1cc(F)c(C)cc1c2CCCCOCNC(=O)CNC(=O)[C@H](CCCCN)NC(=O)[C@@H](NC(=O)COCCOCc1cn(-c2cnc(=S)[nH]c2)nn1)C(C)C. The number of halogens is 1. The van der Waals surface area contributed by atoms with Gasteiger partial charge in [0, 0.05) is 35.4 Å². The Bertz CT molecular complexity index is 3020. The third-order valence-electron chi connectivity index (χ3n) is 13.0. The number of nitrogens with one attached hydrogen (secondary N) is 5. The minimum Gasteiger partial charge on any atom is -0.458 e. The lowest BCUT2D eigenvalue weighted by molar-refractivity contribution is -0.172. The minimum atomic E-state index is -1.99. The summed E-state index contributed by atoms with van der Waals surface area (Å²) in [5.41, 5.74) is 8.31. The fourth-order valence-electron chi connectivity index (χ4n) is 8.82. The van der Waals surface area contributed by atoms with Crippen LogP contribution in [0.2, 0.25) is 0 Å². The van der Waals surface area contributed by atoms with Crippen LogP contribution in [0.5, 0.6) is 0 Å². The van der Waals surface area contributed by atoms with E-state index >= 15 is 0 Å². The van der Waals surface area contributed by atoms with E-state index in [4.69, 9.17) is 41.9 Å². The normalized spacial score (nSPS) is 15.4. The molecule has 0 aliphatic carbocycles. The number of hydrogen-bond acceptors (Lipinski definition) is 17. The van der Waals surface area contributed by atoms with Gasteiger partial charge in [0.1, 0.15) is 49.2 Å². The number of nitrogens with zero attached hydrogens (tertiary/aromatic N) is 6. The number of esters is 1. The van der Waals surface area contributed by atoms with Crippen molar-refractivity contribution in [1.82, 2.24) is 55.8 Å². The number of hydrogen-bond donors (Lipinski definition) is 7. The van der Waals surface area contributed by atoms with E-state index in [1.54, 1.807) is 63.0 Å². The molecular weight excluding hydrogens is 996 g/mol. The Balaban J connectivity index is 0.839. The second kappa shape index (κ2) is 25.6. The molecule has 25 heteroatoms. The van der Waals surface area contributed by atoms with E-state index in [1.165, 1.54) is 10.7 Å². The van der Waals surface area contributed by atoms with Gasteiger partial charge < -0.3 is 60.6 Å². The lowest BCUT2D eigenvalue weighted by Gasteiger charge is -2.31. The van der Waals surface area contributed by atoms with Crippen molar-refractivity contribution in [3.8, 4) is 17.1 Å². The van der Waals surface area contributed by atoms with Crippen LogP contribution in [-0.2, 0) is 74.7 Å². The molecule has 0 radical (unpaired) electrons. The number of H-pyrrole nitrogens is 1. The van der Waals surface area contributed by atoms with Gasteiger partial charge >= 0.3 is 5.97 Å². The van der Waals surface area contributed by atoms with Crippen LogP contribution in [0, 0.1) is 23.4 Å². The summed E-state index contributed by atoms with van der Waals surface area (Å²) in [4.78, 5) is 90.6. The van der Waals surface area contributed by atoms with E-state index in [-0.39, 0.29) is 82.8 Å². The summed E-state index contributed by atoms with van der Waals surface area (Å²) in [5.74, 6) is -3.86. The van der Waals surface area contributed by atoms with E-state index in [0.717, 1.165) is 16.5 Å². The third-order valence-corrected chi connectivity index (χ3v) is 13.2. The first-order valence-electron chi connectivity index (χ1n) is 24.8. The first-order chi connectivity index (χ1) is 36.0. The maximum absolute atomic E-state index is 14.9. The maximum Gasteiger partial charge on any atom is 0.343 e. The van der Waals surface area contributed by atoms with Crippen molar-refractivity contribution in [2.24, 2.45) is 11.7 Å². The quantitative estimate of drug-likeness (QED) is 0.0168. The van der Waals surface area contributed by atoms with Gasteiger partial charge in [0.15, 0.2) is 10.4 Å². The smallest absolute Gasteiger partial charge is 0.343 e. The molecular formula is C50H63FN12O11S. The Hall–Kier alpha value is -6.90. The largest absolute Gasteiger partial charge is 0.458 e. The van der Waals surface area contributed by atoms with Crippen LogP contribution in [0.4, 0.5) is 4.39 Å². The van der Waals surface area contributed by atoms with E-state index in [9.17, 15) is 38.3 Å². The molecule has 402 valence electrons. The molecule has 6 heterocycles. The van der Waals surface area contributed by atoms with Crippen LogP contribution in [-0.4, -0.2) is 128 Å². The molecule has 1 aromatic carbocycles. The summed E-state index contributed by atoms with van der Waals surface area (Å²) >= 11 is 4.96. The average molecular weight is 1060 g/mol. The average Bonchev–Trinajstić information content (AvgIpc) is 4.02. The summed E-state index contributed by atoms with van der Waals surface area (Å²) in [7, 11) is 0. The summed E-state index contributed by atoms with van der Waals surface area (Å²) < 4.78 is 40.3. The zero-order valence-electron chi connectivity index (χ0n) is 42.3. The van der Waals surface area contributed by atoms with Gasteiger partial charge in [-0.3, -0.25) is 24.0 Å². The molecule has 4 aromatic heterocycles. The van der Waals surface area contributed by atoms with Crippen molar-refractivity contribution < 1.29 is 52.4 Å². The number of carbonyl (C=O) groups excluding carboxylic acids is 5. The Morgan fingerprint density at radius 2 is 1.80 bits per heavy atom. The molecule has 0 unspecified atom stereocenters. The van der Waals surface area contributed by atoms with E-state index in [2.05, 4.69) is 41.5 Å². The molecule has 2 aliphatic rings. The number of fused-ring (bicyclic) bond motifs is 5. The van der Waals surface area contributed by atoms with Gasteiger partial charge in [0.25, 0.3) is 5.56 Å². The van der Waals surface area contributed by atoms with Crippen LogP contribution < -0.4 is 32.6 Å². The van der Waals surface area contributed by atoms with Crippen LogP contribution in [0.1, 0.15) is 92.8 Å². The summed E-state index contributed by atoms with van der Waals surface area (Å²) in [5, 5.41) is 30.7. The van der Waals surface area contributed by atoms with Gasteiger partial charge in [-0.25, -0.2) is 23.8 Å². The molecule has 4 amide bonds. The van der Waals surface area contributed by atoms with Crippen molar-refractivity contribution in [2.75, 3.05) is 46.2 Å². The zero-order valence-corrected chi connectivity index (χ0v) is 43.1. The second-order valence-corrected chi connectivity index (χ2v) is 19.0. The fraction of sp³-hybridized carbons (Fsp3) is 0.500. The number of aryl methyl sites for hydroxylation is 2. The van der Waals surface area contributed by atoms with E-state index < -0.39 is 65.2 Å². The number of cyclic esters (lactones) is 1. The van der Waals surface area contributed by atoms with Gasteiger partial charge in [0.2, 0.25) is 23.6 Å². The maximum atomic E-state index is 14.9. The number of unbranched alkanes of at least 4 members (excludes halogenated alkanes) is 2. The van der Waals surface area contributed by atoms with Crippen molar-refractivity contribution in [3.05, 3.63) is 91.2 Å². The van der Waals surface area contributed by atoms with Gasteiger partial charge in [-0.1, -0.05) is 26.0 Å². The Morgan fingerprint density at radius 3 is 2.55 bits per heavy atom. The number of aromatic nitrogens is 7. The van der Waals surface area contributed by atoms with E-state index in [1.807, 2.05) is 0 Å². The van der Waals surface area contributed by atoms with Gasteiger partial charge in [-0.05, 0) is 99.8 Å². The molecule has 2 aliphatic heterocycles. The minimum absolute atomic E-state index is 0.00123. The van der Waals surface area contributed by atoms with Crippen molar-refractivity contribution in [3.63, 3.8) is 0 Å². The molecule has 0 saturated heterocycles. The number of carbonyl (C=O) groups is 5. The lowest BCUT2D eigenvalue weighted by Crippen LogP contribution is -2.56. The molecule has 5 aromatic rings. The highest BCUT2D eigenvalue weighted by molar-refractivity contribution is 7.71. The number of ether oxygens (including phenoxy) is 4. The fourth-order valence-corrected chi connectivity index (χ4v) is 8.94. The molecule has 75 heavy (non-hydrogen) atoms. The monoisotopic (exact) mass is 1060 g/mol. The van der Waals surface area contributed by atoms with Crippen molar-refractivity contribution >= 4 is 52.7 Å². The first-order valence-corrected chi connectivity index (χ1v) is 25.3. The molecule has 3 atom stereocenters. The summed E-state index contributed by atoms with van der Waals surface area (Å²) in [6, 6.07) is 2.72. The number of rotatable bonds is 27. The molecule has 0 saturated carbocycles. The predicted octanol–water partition coefficient (Wildman–Crippen LogP) is 2.08. The van der Waals surface area contributed by atoms with Crippen LogP contribution in [0.15, 0.2) is 41.6 Å². The molecule has 7 rings (SSSR count). The second-order valence-electron chi connectivity index (χ2n) is 18.6. The standard InChI is InChI=1S/C50H63FN12O11S/c1-5-50(70)36-17-40-44-34(23-62(40)47(68)35(36)25-74-48(50)69)32(33-16-29(4)37(51)18-39(33)57-44)10-7-9-13-73-27-56-41(64)21-53-45(66)38(11-6-8-12-52)58-46(67)43(28(2)3)59-42(65)26-72-15-14-71-24-30-22-63(61-60-30)31-19-54-49(75)55-20-31/h16-20,22,28,38,43,70H,5-15,21,23-27,52H2,1-4H3,(H,53,66)(H,56,64)(H,58,67)(H,59,65)(H,54,55,75)/t38-,43-,50+/m0/s1. The number of amides is 4.